The van der Waals surface area contributed by atoms with Crippen LogP contribution in [0, 0.1) is 0 Å². The lowest BCUT2D eigenvalue weighted by molar-refractivity contribution is 0.0834. The summed E-state index contributed by atoms with van der Waals surface area (Å²) in [6.07, 6.45) is -1.01. The fourth-order valence-corrected chi connectivity index (χ4v) is 6.01. The molecule has 4 aromatic rings. The van der Waals surface area contributed by atoms with Crippen molar-refractivity contribution in [2.24, 2.45) is 0 Å². The van der Waals surface area contributed by atoms with Gasteiger partial charge in [-0.1, -0.05) is 18.2 Å². The summed E-state index contributed by atoms with van der Waals surface area (Å²) in [7, 11) is 9.22. The lowest BCUT2D eigenvalue weighted by atomic mass is 9.89. The summed E-state index contributed by atoms with van der Waals surface area (Å²) in [6, 6.07) is 17.9. The van der Waals surface area contributed by atoms with Gasteiger partial charge < -0.3 is 37.9 Å². The summed E-state index contributed by atoms with van der Waals surface area (Å²) < 4.78 is 46.5. The smallest absolute Gasteiger partial charge is 0.174 e. The van der Waals surface area contributed by atoms with Gasteiger partial charge in [0.2, 0.25) is 0 Å². The van der Waals surface area contributed by atoms with Crippen molar-refractivity contribution in [2.45, 2.75) is 25.0 Å². The highest BCUT2D eigenvalue weighted by Crippen LogP contribution is 2.53. The molecule has 0 unspecified atom stereocenters. The van der Waals surface area contributed by atoms with Crippen molar-refractivity contribution in [2.75, 3.05) is 42.7 Å². The molecule has 10 nitrogen and oxygen atoms in total. The Hall–Kier alpha value is -5.38. The van der Waals surface area contributed by atoms with Crippen LogP contribution in [0.5, 0.6) is 46.0 Å². The van der Waals surface area contributed by atoms with Crippen LogP contribution in [0.15, 0.2) is 60.7 Å². The van der Waals surface area contributed by atoms with Crippen molar-refractivity contribution >= 4 is 11.6 Å². The summed E-state index contributed by atoms with van der Waals surface area (Å²) in [5.41, 5.74) is 3.30. The summed E-state index contributed by atoms with van der Waals surface area (Å²) in [5, 5.41) is 0. The molecule has 0 aliphatic carbocycles. The third-order valence-corrected chi connectivity index (χ3v) is 8.32. The van der Waals surface area contributed by atoms with Gasteiger partial charge in [-0.25, -0.2) is 0 Å². The SMILES string of the molecule is COc1ccc([C@@H]2CC(=O)c3c(OC)cc(OC)c(-c4cc([C@@H]5CC(=O)c6c(OC)cc(OC)cc6O5)ccc4OC)c3O2)cc1. The van der Waals surface area contributed by atoms with Gasteiger partial charge in [0.15, 0.2) is 11.6 Å². The molecule has 0 fully saturated rings. The quantitative estimate of drug-likeness (QED) is 0.196. The maximum absolute atomic E-state index is 13.7. The van der Waals surface area contributed by atoms with E-state index < -0.39 is 12.2 Å². The maximum atomic E-state index is 13.7. The summed E-state index contributed by atoms with van der Waals surface area (Å²) >= 11 is 0. The molecule has 2 aliphatic heterocycles. The van der Waals surface area contributed by atoms with Crippen molar-refractivity contribution in [3.63, 3.8) is 0 Å². The van der Waals surface area contributed by atoms with E-state index in [0.717, 1.165) is 5.56 Å². The van der Waals surface area contributed by atoms with Gasteiger partial charge in [0.1, 0.15) is 69.3 Å². The van der Waals surface area contributed by atoms with Gasteiger partial charge >= 0.3 is 0 Å². The third-order valence-electron chi connectivity index (χ3n) is 8.32. The van der Waals surface area contributed by atoms with Crippen LogP contribution in [0.25, 0.3) is 11.1 Å². The van der Waals surface area contributed by atoms with Crippen LogP contribution in [0.1, 0.15) is 56.9 Å². The molecule has 238 valence electrons. The molecular formula is C36H34O10. The van der Waals surface area contributed by atoms with Crippen molar-refractivity contribution in [1.82, 2.24) is 0 Å². The molecule has 10 heteroatoms. The maximum Gasteiger partial charge on any atom is 0.174 e. The molecule has 0 saturated heterocycles. The molecule has 4 aromatic carbocycles. The average Bonchev–Trinajstić information content (AvgIpc) is 3.09. The van der Waals surface area contributed by atoms with Gasteiger partial charge in [0.05, 0.1) is 61.1 Å². The van der Waals surface area contributed by atoms with Gasteiger partial charge in [-0.2, -0.15) is 0 Å². The summed E-state index contributed by atoms with van der Waals surface area (Å²) in [4.78, 5) is 27.2. The van der Waals surface area contributed by atoms with Crippen LogP contribution in [-0.4, -0.2) is 54.2 Å². The van der Waals surface area contributed by atoms with E-state index in [1.165, 1.54) is 28.4 Å². The van der Waals surface area contributed by atoms with Gasteiger partial charge in [-0.15, -0.1) is 0 Å². The van der Waals surface area contributed by atoms with Crippen LogP contribution in [-0.2, 0) is 0 Å². The van der Waals surface area contributed by atoms with Crippen molar-refractivity contribution in [1.29, 1.82) is 0 Å². The van der Waals surface area contributed by atoms with E-state index in [9.17, 15) is 9.59 Å². The Morgan fingerprint density at radius 2 is 1.09 bits per heavy atom. The number of benzene rings is 4. The Balaban J connectivity index is 1.48. The predicted octanol–water partition coefficient (Wildman–Crippen LogP) is 6.82. The van der Waals surface area contributed by atoms with Crippen LogP contribution >= 0.6 is 0 Å². The first-order chi connectivity index (χ1) is 22.3. The minimum atomic E-state index is -0.629. The lowest BCUT2D eigenvalue weighted by Gasteiger charge is -2.30. The van der Waals surface area contributed by atoms with E-state index in [-0.39, 0.29) is 24.4 Å². The Kier molecular flexibility index (Phi) is 8.36. The second kappa shape index (κ2) is 12.5. The molecule has 0 saturated carbocycles. The molecule has 0 N–H and O–H groups in total. The number of carbonyl (C=O) groups excluding carboxylic acids is 2. The molecule has 0 bridgehead atoms. The first-order valence-electron chi connectivity index (χ1n) is 14.6. The Morgan fingerprint density at radius 3 is 1.72 bits per heavy atom. The highest BCUT2D eigenvalue weighted by molar-refractivity contribution is 6.06. The predicted molar refractivity (Wildman–Crippen MR) is 169 cm³/mol. The number of carbonyl (C=O) groups is 2. The molecule has 0 spiro atoms. The van der Waals surface area contributed by atoms with E-state index in [2.05, 4.69) is 0 Å². The minimum Gasteiger partial charge on any atom is -0.497 e. The number of rotatable bonds is 9. The van der Waals surface area contributed by atoms with Gasteiger partial charge in [0, 0.05) is 23.8 Å². The van der Waals surface area contributed by atoms with E-state index in [4.69, 9.17) is 37.9 Å². The number of hydrogen-bond acceptors (Lipinski definition) is 10. The first-order valence-corrected chi connectivity index (χ1v) is 14.6. The monoisotopic (exact) mass is 626 g/mol. The molecule has 0 radical (unpaired) electrons. The molecule has 46 heavy (non-hydrogen) atoms. The van der Waals surface area contributed by atoms with Crippen molar-refractivity contribution < 1.29 is 47.5 Å². The van der Waals surface area contributed by atoms with E-state index >= 15 is 0 Å². The first kappa shape index (κ1) is 30.6. The topological polar surface area (TPSA) is 108 Å². The highest BCUT2D eigenvalue weighted by Gasteiger charge is 2.37. The van der Waals surface area contributed by atoms with Crippen molar-refractivity contribution in [3.8, 4) is 57.1 Å². The van der Waals surface area contributed by atoms with Crippen LogP contribution < -0.4 is 37.9 Å². The lowest BCUT2D eigenvalue weighted by Crippen LogP contribution is -2.22. The Bertz CT molecular complexity index is 1810. The molecule has 0 aromatic heterocycles. The number of methoxy groups -OCH3 is 6. The number of ether oxygens (including phenoxy) is 8. The minimum absolute atomic E-state index is 0.0772. The number of Topliss-reactive ketones (excluding diaryl/α,β-unsaturated/α-hetero) is 2. The second-order valence-electron chi connectivity index (χ2n) is 10.8. The molecule has 2 atom stereocenters. The largest absolute Gasteiger partial charge is 0.497 e. The van der Waals surface area contributed by atoms with Crippen molar-refractivity contribution in [3.05, 3.63) is 82.9 Å². The third kappa shape index (κ3) is 5.29. The molecule has 2 aliphatic rings. The highest BCUT2D eigenvalue weighted by atomic mass is 16.5. The van der Waals surface area contributed by atoms with E-state index in [1.807, 2.05) is 36.4 Å². The molecule has 0 amide bonds. The number of ketones is 2. The van der Waals surface area contributed by atoms with Crippen LogP contribution in [0.3, 0.4) is 0 Å². The molecular weight excluding hydrogens is 592 g/mol. The second-order valence-corrected chi connectivity index (χ2v) is 10.8. The fraction of sp³-hybridized carbons (Fsp3) is 0.278. The standard InChI is InChI=1S/C36H34O10/c1-39-21-10-7-19(8-11-21)27-17-25(38)35-31(44-6)18-30(43-5)33(36(35)46-27)23-13-20(9-12-26(23)41-3)28-16-24(37)34-29(42-4)14-22(40-2)15-32(34)45-28/h7-15,18,27-28H,16-17H2,1-6H3/t27-,28-/m0/s1. The van der Waals surface area contributed by atoms with Gasteiger partial charge in [0.25, 0.3) is 0 Å². The molecule has 6 rings (SSSR count). The zero-order chi connectivity index (χ0) is 32.5. The van der Waals surface area contributed by atoms with Gasteiger partial charge in [-0.3, -0.25) is 9.59 Å². The van der Waals surface area contributed by atoms with Crippen LogP contribution in [0.2, 0.25) is 0 Å². The Labute approximate surface area is 266 Å². The Morgan fingerprint density at radius 1 is 0.522 bits per heavy atom. The van der Waals surface area contributed by atoms with Crippen LogP contribution in [0.4, 0.5) is 0 Å². The number of fused-ring (bicyclic) bond motifs is 2. The number of hydrogen-bond donors (Lipinski definition) is 0. The average molecular weight is 627 g/mol. The van der Waals surface area contributed by atoms with E-state index in [0.29, 0.717) is 73.8 Å². The van der Waals surface area contributed by atoms with E-state index in [1.54, 1.807) is 38.5 Å². The zero-order valence-electron chi connectivity index (χ0n) is 26.4. The van der Waals surface area contributed by atoms with Gasteiger partial charge in [-0.05, 0) is 35.4 Å². The molecule has 2 heterocycles. The fourth-order valence-electron chi connectivity index (χ4n) is 6.01. The summed E-state index contributed by atoms with van der Waals surface area (Å²) in [5.74, 6) is 3.24. The summed E-state index contributed by atoms with van der Waals surface area (Å²) in [6.45, 7) is 0. The zero-order valence-corrected chi connectivity index (χ0v) is 26.4. The normalized spacial score (nSPS) is 16.7.